The van der Waals surface area contributed by atoms with Crippen molar-refractivity contribution in [1.29, 1.82) is 0 Å². The van der Waals surface area contributed by atoms with Crippen LogP contribution in [0.3, 0.4) is 0 Å². The summed E-state index contributed by atoms with van der Waals surface area (Å²) in [5, 5.41) is 7.40. The van der Waals surface area contributed by atoms with Crippen molar-refractivity contribution in [2.45, 2.75) is 18.9 Å². The standard InChI is InChI=1S/C8H6F6N4O2/c9-7(10,11)3-15-5(19)2-18-1-4(16-17-18)6(20)8(12,13)14/h1H,2-3H2,(H,15,19). The molecule has 0 radical (unpaired) electrons. The highest BCUT2D eigenvalue weighted by molar-refractivity contribution is 5.98. The smallest absolute Gasteiger partial charge is 0.345 e. The monoisotopic (exact) mass is 304 g/mol. The number of halogens is 6. The number of nitrogens with one attached hydrogen (secondary N) is 1. The van der Waals surface area contributed by atoms with Crippen LogP contribution < -0.4 is 5.32 Å². The van der Waals surface area contributed by atoms with Gasteiger partial charge in [0, 0.05) is 0 Å². The molecule has 1 aromatic heterocycles. The fourth-order valence-electron chi connectivity index (χ4n) is 1.03. The summed E-state index contributed by atoms with van der Waals surface area (Å²) in [5.41, 5.74) is -1.05. The first-order chi connectivity index (χ1) is 8.99. The molecule has 1 heterocycles. The van der Waals surface area contributed by atoms with Gasteiger partial charge in [0.05, 0.1) is 6.20 Å². The first-order valence-corrected chi connectivity index (χ1v) is 4.84. The van der Waals surface area contributed by atoms with Crippen molar-refractivity contribution < 1.29 is 35.9 Å². The average molecular weight is 304 g/mol. The van der Waals surface area contributed by atoms with Gasteiger partial charge in [-0.05, 0) is 0 Å². The normalized spacial score (nSPS) is 12.3. The molecular formula is C8H6F6N4O2. The number of ketones is 1. The van der Waals surface area contributed by atoms with Crippen LogP contribution in [0.1, 0.15) is 10.5 Å². The van der Waals surface area contributed by atoms with Gasteiger partial charge in [-0.1, -0.05) is 5.21 Å². The molecule has 0 aliphatic heterocycles. The lowest BCUT2D eigenvalue weighted by Gasteiger charge is -2.07. The summed E-state index contributed by atoms with van der Waals surface area (Å²) in [6.07, 6.45) is -9.25. The molecular weight excluding hydrogens is 298 g/mol. The Morgan fingerprint density at radius 3 is 2.30 bits per heavy atom. The first kappa shape index (κ1) is 15.9. The maximum absolute atomic E-state index is 12.0. The third-order valence-electron chi connectivity index (χ3n) is 1.82. The van der Waals surface area contributed by atoms with E-state index < -0.39 is 42.8 Å². The van der Waals surface area contributed by atoms with E-state index in [4.69, 9.17) is 0 Å². The second-order valence-corrected chi connectivity index (χ2v) is 3.52. The van der Waals surface area contributed by atoms with E-state index in [2.05, 4.69) is 10.3 Å². The minimum absolute atomic E-state index is 0.517. The van der Waals surface area contributed by atoms with Crippen LogP contribution >= 0.6 is 0 Å². The van der Waals surface area contributed by atoms with E-state index in [9.17, 15) is 35.9 Å². The van der Waals surface area contributed by atoms with E-state index in [0.717, 1.165) is 0 Å². The third kappa shape index (κ3) is 4.85. The van der Waals surface area contributed by atoms with Crippen LogP contribution in [0.4, 0.5) is 26.3 Å². The van der Waals surface area contributed by atoms with Crippen LogP contribution in [-0.4, -0.2) is 45.6 Å². The van der Waals surface area contributed by atoms with Crippen molar-refractivity contribution in [3.05, 3.63) is 11.9 Å². The molecule has 112 valence electrons. The highest BCUT2D eigenvalue weighted by atomic mass is 19.4. The summed E-state index contributed by atoms with van der Waals surface area (Å²) in [7, 11) is 0. The number of carbonyl (C=O) groups is 2. The Bertz CT molecular complexity index is 506. The average Bonchev–Trinajstić information content (AvgIpc) is 2.71. The highest BCUT2D eigenvalue weighted by Crippen LogP contribution is 2.19. The number of carbonyl (C=O) groups excluding carboxylic acids is 2. The largest absolute Gasteiger partial charge is 0.456 e. The second-order valence-electron chi connectivity index (χ2n) is 3.52. The summed E-state index contributed by atoms with van der Waals surface area (Å²) >= 11 is 0. The van der Waals surface area contributed by atoms with Crippen LogP contribution in [-0.2, 0) is 11.3 Å². The highest BCUT2D eigenvalue weighted by Gasteiger charge is 2.41. The predicted octanol–water partition coefficient (Wildman–Crippen LogP) is 0.702. The van der Waals surface area contributed by atoms with E-state index in [1.165, 1.54) is 5.32 Å². The summed E-state index contributed by atoms with van der Waals surface area (Å²) in [4.78, 5) is 21.8. The van der Waals surface area contributed by atoms with Crippen LogP contribution in [0, 0.1) is 0 Å². The van der Waals surface area contributed by atoms with Gasteiger partial charge in [-0.3, -0.25) is 9.59 Å². The first-order valence-electron chi connectivity index (χ1n) is 4.84. The quantitative estimate of drug-likeness (QED) is 0.656. The number of amides is 1. The molecule has 0 unspecified atom stereocenters. The molecule has 0 aromatic carbocycles. The molecule has 20 heavy (non-hydrogen) atoms. The van der Waals surface area contributed by atoms with Gasteiger partial charge in [-0.25, -0.2) is 4.68 Å². The number of rotatable bonds is 4. The van der Waals surface area contributed by atoms with Gasteiger partial charge in [0.1, 0.15) is 13.1 Å². The van der Waals surface area contributed by atoms with Crippen LogP contribution in [0.2, 0.25) is 0 Å². The van der Waals surface area contributed by atoms with Gasteiger partial charge in [0.25, 0.3) is 5.78 Å². The number of hydrogen-bond acceptors (Lipinski definition) is 4. The number of Topliss-reactive ketones (excluding diaryl/α,β-unsaturated/α-hetero) is 1. The summed E-state index contributed by atoms with van der Waals surface area (Å²) in [5.74, 6) is -3.40. The van der Waals surface area contributed by atoms with Crippen molar-refractivity contribution in [3.8, 4) is 0 Å². The molecule has 6 nitrogen and oxygen atoms in total. The van der Waals surface area contributed by atoms with Gasteiger partial charge < -0.3 is 5.32 Å². The van der Waals surface area contributed by atoms with Crippen molar-refractivity contribution in [1.82, 2.24) is 20.3 Å². The predicted molar refractivity (Wildman–Crippen MR) is 49.5 cm³/mol. The maximum atomic E-state index is 12.0. The molecule has 1 amide bonds. The van der Waals surface area contributed by atoms with Gasteiger partial charge in [-0.15, -0.1) is 5.10 Å². The Labute approximate surface area is 106 Å². The van der Waals surface area contributed by atoms with E-state index >= 15 is 0 Å². The Hall–Kier alpha value is -2.14. The van der Waals surface area contributed by atoms with Gasteiger partial charge in [0.2, 0.25) is 5.91 Å². The SMILES string of the molecule is O=C(Cn1cc(C(=O)C(F)(F)F)nn1)NCC(F)(F)F. The maximum Gasteiger partial charge on any atom is 0.456 e. The van der Waals surface area contributed by atoms with Crippen LogP contribution in [0.25, 0.3) is 0 Å². The number of alkyl halides is 6. The number of aromatic nitrogens is 3. The molecule has 0 aliphatic rings. The van der Waals surface area contributed by atoms with E-state index in [-0.39, 0.29) is 0 Å². The van der Waals surface area contributed by atoms with E-state index in [1.807, 2.05) is 0 Å². The second kappa shape index (κ2) is 5.46. The van der Waals surface area contributed by atoms with Crippen molar-refractivity contribution >= 4 is 11.7 Å². The van der Waals surface area contributed by atoms with Crippen molar-refractivity contribution in [3.63, 3.8) is 0 Å². The molecule has 0 atom stereocenters. The van der Waals surface area contributed by atoms with E-state index in [1.54, 1.807) is 0 Å². The van der Waals surface area contributed by atoms with E-state index in [0.29, 0.717) is 10.9 Å². The molecule has 1 N–H and O–H groups in total. The topological polar surface area (TPSA) is 76.9 Å². The van der Waals surface area contributed by atoms with Crippen LogP contribution in [0.15, 0.2) is 6.20 Å². The number of nitrogens with zero attached hydrogens (tertiary/aromatic N) is 3. The van der Waals surface area contributed by atoms with Gasteiger partial charge in [-0.2, -0.15) is 26.3 Å². The van der Waals surface area contributed by atoms with Crippen molar-refractivity contribution in [2.75, 3.05) is 6.54 Å². The molecule has 0 spiro atoms. The van der Waals surface area contributed by atoms with Crippen molar-refractivity contribution in [2.24, 2.45) is 0 Å². The summed E-state index contributed by atoms with van der Waals surface area (Å²) in [6.45, 7) is -2.39. The summed E-state index contributed by atoms with van der Waals surface area (Å²) < 4.78 is 71.9. The lowest BCUT2D eigenvalue weighted by atomic mass is 10.3. The summed E-state index contributed by atoms with van der Waals surface area (Å²) in [6, 6.07) is 0. The minimum Gasteiger partial charge on any atom is -0.345 e. The molecule has 12 heteroatoms. The minimum atomic E-state index is -5.15. The molecule has 0 fully saturated rings. The lowest BCUT2D eigenvalue weighted by molar-refractivity contribution is -0.138. The number of hydrogen-bond donors (Lipinski definition) is 1. The Balaban J connectivity index is 2.61. The molecule has 0 saturated heterocycles. The zero-order valence-electron chi connectivity index (χ0n) is 9.42. The molecule has 0 saturated carbocycles. The Kier molecular flexibility index (Phi) is 4.35. The van der Waals surface area contributed by atoms with Gasteiger partial charge >= 0.3 is 12.4 Å². The zero-order chi connectivity index (χ0) is 15.6. The molecule has 1 aromatic rings. The lowest BCUT2D eigenvalue weighted by Crippen LogP contribution is -2.35. The zero-order valence-corrected chi connectivity index (χ0v) is 9.42. The fraction of sp³-hybridized carbons (Fsp3) is 0.500. The molecule has 0 aliphatic carbocycles. The molecule has 0 bridgehead atoms. The third-order valence-corrected chi connectivity index (χ3v) is 1.82. The van der Waals surface area contributed by atoms with Gasteiger partial charge in [0.15, 0.2) is 5.69 Å². The molecule has 1 rings (SSSR count). The Morgan fingerprint density at radius 2 is 1.80 bits per heavy atom. The fourth-order valence-corrected chi connectivity index (χ4v) is 1.03. The Morgan fingerprint density at radius 1 is 1.20 bits per heavy atom. The van der Waals surface area contributed by atoms with Crippen LogP contribution in [0.5, 0.6) is 0 Å².